The fraction of sp³-hybridized carbons (Fsp3) is 0.607. The largest absolute Gasteiger partial charge is 0.673 e. The minimum atomic E-state index is -6.00. The second-order valence-corrected chi connectivity index (χ2v) is 23.2. The van der Waals surface area contributed by atoms with Gasteiger partial charge in [0.1, 0.15) is 0 Å². The van der Waals surface area contributed by atoms with Crippen LogP contribution in [0.3, 0.4) is 0 Å². The Hall–Kier alpha value is -0.536. The van der Waals surface area contributed by atoms with Crippen molar-refractivity contribution in [2.45, 2.75) is 93.0 Å². The zero-order valence-electron chi connectivity index (χ0n) is 24.1. The molecule has 0 N–H and O–H groups in total. The Morgan fingerprint density at radius 3 is 1.61 bits per heavy atom. The molecule has 2 aliphatic heterocycles. The smallest absolute Gasteiger partial charge is 0.418 e. The Labute approximate surface area is 228 Å². The summed E-state index contributed by atoms with van der Waals surface area (Å²) in [5.74, 6) is 1.15. The van der Waals surface area contributed by atoms with Gasteiger partial charge in [-0.25, -0.2) is 0 Å². The van der Waals surface area contributed by atoms with Gasteiger partial charge in [-0.2, -0.15) is 0 Å². The van der Waals surface area contributed by atoms with Gasteiger partial charge in [0.2, 0.25) is 0 Å². The second-order valence-electron chi connectivity index (χ2n) is 13.1. The van der Waals surface area contributed by atoms with Crippen LogP contribution in [0.15, 0.2) is 54.8 Å². The number of halogens is 4. The maximum Gasteiger partial charge on any atom is 0.673 e. The minimum Gasteiger partial charge on any atom is -0.418 e. The van der Waals surface area contributed by atoms with E-state index in [2.05, 4.69) is 123 Å². The molecule has 206 valence electrons. The number of hydrogen-bond acceptors (Lipinski definition) is 0. The van der Waals surface area contributed by atoms with Gasteiger partial charge in [-0.15, -0.1) is 0 Å². The van der Waals surface area contributed by atoms with Gasteiger partial charge in [-0.1, -0.05) is 0 Å². The summed E-state index contributed by atoms with van der Waals surface area (Å²) in [6.07, 6.45) is 13.0. The summed E-state index contributed by atoms with van der Waals surface area (Å²) < 4.78 is 51.6. The molecule has 0 aromatic rings. The fourth-order valence-electron chi connectivity index (χ4n) is 3.40. The van der Waals surface area contributed by atoms with E-state index < -0.39 is 40.3 Å². The molecule has 0 aromatic heterocycles. The van der Waals surface area contributed by atoms with Crippen LogP contribution in [0, 0.1) is 16.2 Å². The molecule has 0 saturated carbocycles. The molecular weight excluding hydrogens is 646 g/mol. The first kappa shape index (κ1) is 33.5. The van der Waals surface area contributed by atoms with Gasteiger partial charge in [0, 0.05) is 0 Å². The van der Waals surface area contributed by atoms with E-state index in [1.165, 1.54) is 5.57 Å². The van der Waals surface area contributed by atoms with E-state index in [1.54, 1.807) is 8.94 Å². The maximum atomic E-state index is 9.75. The average molecular weight is 691 g/mol. The minimum absolute atomic E-state index is 0.0446. The molecule has 0 radical (unpaired) electrons. The van der Waals surface area contributed by atoms with Crippen LogP contribution in [-0.2, 0) is 2.73 Å². The number of allylic oxidation sites excluding steroid dienone is 9. The van der Waals surface area contributed by atoms with Crippen LogP contribution in [0.1, 0.15) is 89.5 Å². The van der Waals surface area contributed by atoms with Gasteiger partial charge in [0.15, 0.2) is 0 Å². The molecule has 2 aliphatic rings. The van der Waals surface area contributed by atoms with Crippen molar-refractivity contribution in [1.29, 1.82) is 0 Å². The first-order valence-corrected chi connectivity index (χ1v) is 18.5. The van der Waals surface area contributed by atoms with Crippen molar-refractivity contribution in [3.8, 4) is 0 Å². The van der Waals surface area contributed by atoms with Gasteiger partial charge < -0.3 is 17.3 Å². The SMILES string of the molecule is CC(C)(C)C1=CC(C=CC=[Se]2C(C(C)(C)C)=CCC=C2C(C)(C)C)=C[Te](C(C)(C)C)=[O+]1.F[B-](F)(F)F. The molecule has 0 atom stereocenters. The molecule has 0 fully saturated rings. The van der Waals surface area contributed by atoms with E-state index in [9.17, 15) is 17.3 Å². The summed E-state index contributed by atoms with van der Waals surface area (Å²) in [6.45, 7) is 28.0. The zero-order chi connectivity index (χ0) is 28.3. The molecule has 0 spiro atoms. The van der Waals surface area contributed by atoms with Crippen molar-refractivity contribution >= 4 is 45.2 Å². The maximum absolute atomic E-state index is 9.75. The molecule has 2 heterocycles. The summed E-state index contributed by atoms with van der Waals surface area (Å²) in [5.41, 5.74) is 1.83. The quantitative estimate of drug-likeness (QED) is 0.156. The molecule has 0 bridgehead atoms. The van der Waals surface area contributed by atoms with Crippen LogP contribution < -0.4 is 0 Å². The third-order valence-electron chi connectivity index (χ3n) is 5.13. The van der Waals surface area contributed by atoms with Crippen LogP contribution in [-0.4, -0.2) is 45.2 Å². The monoisotopic (exact) mass is 694 g/mol. The predicted octanol–water partition coefficient (Wildman–Crippen LogP) is 9.32. The Kier molecular flexibility index (Phi) is 11.3. The Morgan fingerprint density at radius 2 is 1.25 bits per heavy atom. The van der Waals surface area contributed by atoms with Crippen molar-refractivity contribution < 1.29 is 20.0 Å². The molecule has 36 heavy (non-hydrogen) atoms. The molecule has 2 rings (SSSR count). The molecule has 0 saturated heterocycles. The molecule has 0 unspecified atom stereocenters. The van der Waals surface area contributed by atoms with Gasteiger partial charge in [-0.3, -0.25) is 0 Å². The summed E-state index contributed by atoms with van der Waals surface area (Å²) in [5, 5.41) is 0. The number of rotatable bonds is 2. The van der Waals surface area contributed by atoms with Gasteiger partial charge in [-0.05, 0) is 0 Å². The third-order valence-corrected chi connectivity index (χ3v) is 17.1. The Morgan fingerprint density at radius 1 is 0.806 bits per heavy atom. The summed E-state index contributed by atoms with van der Waals surface area (Å²) in [6, 6.07) is 0. The van der Waals surface area contributed by atoms with Crippen LogP contribution in [0.25, 0.3) is 0 Å². The van der Waals surface area contributed by atoms with E-state index in [1.807, 2.05) is 0 Å². The topological polar surface area (TPSA) is 11.3 Å². The van der Waals surface area contributed by atoms with E-state index in [0.717, 1.165) is 12.2 Å². The first-order valence-electron chi connectivity index (χ1n) is 12.3. The van der Waals surface area contributed by atoms with E-state index in [4.69, 9.17) is 2.73 Å². The van der Waals surface area contributed by atoms with Crippen LogP contribution in [0.2, 0.25) is 3.46 Å². The first-order chi connectivity index (χ1) is 15.9. The van der Waals surface area contributed by atoms with E-state index in [-0.39, 0.29) is 19.7 Å². The van der Waals surface area contributed by atoms with Gasteiger partial charge in [0.05, 0.1) is 0 Å². The van der Waals surface area contributed by atoms with Gasteiger partial charge in [0.25, 0.3) is 0 Å². The third kappa shape index (κ3) is 11.5. The normalized spacial score (nSPS) is 19.0. The molecular formula is C28H45BF4OSeTe. The number of hydrogen-bond donors (Lipinski definition) is 0. The zero-order valence-corrected chi connectivity index (χ0v) is 28.1. The average Bonchev–Trinajstić information content (AvgIpc) is 2.63. The van der Waals surface area contributed by atoms with Crippen LogP contribution >= 0.6 is 0 Å². The summed E-state index contributed by atoms with van der Waals surface area (Å²) in [4.78, 5) is 2.55. The summed E-state index contributed by atoms with van der Waals surface area (Å²) >= 11 is -3.01. The van der Waals surface area contributed by atoms with Crippen LogP contribution in [0.5, 0.6) is 0 Å². The summed E-state index contributed by atoms with van der Waals surface area (Å²) in [7, 11) is -6.00. The predicted molar refractivity (Wildman–Crippen MR) is 153 cm³/mol. The fourth-order valence-corrected chi connectivity index (χ4v) is 13.3. The molecule has 0 aliphatic carbocycles. The molecule has 8 heteroatoms. The second kappa shape index (κ2) is 12.1. The van der Waals surface area contributed by atoms with Crippen molar-refractivity contribution in [3.63, 3.8) is 0 Å². The Bertz CT molecular complexity index is 977. The molecule has 1 nitrogen and oxygen atoms in total. The van der Waals surface area contributed by atoms with E-state index in [0.29, 0.717) is 0 Å². The standard InChI is InChI=1S/C28H45OSeTe.BF4/c1-25(2,3)22-19-21(20-31(29-22)28(10,11)12)15-14-18-30-23(26(4,5)6)16-13-17-24(30)27(7,8)9;2-1(3,4)5/h14-20H,13H2,1-12H3;/q+1;-1. The van der Waals surface area contributed by atoms with Crippen molar-refractivity contribution in [2.24, 2.45) is 16.2 Å². The Balaban J connectivity index is 0.00000118. The van der Waals surface area contributed by atoms with Gasteiger partial charge >= 0.3 is 212 Å². The molecule has 0 aromatic carbocycles. The van der Waals surface area contributed by atoms with E-state index >= 15 is 0 Å². The van der Waals surface area contributed by atoms with Crippen molar-refractivity contribution in [2.75, 3.05) is 0 Å². The molecule has 0 amide bonds. The van der Waals surface area contributed by atoms with Crippen LogP contribution in [0.4, 0.5) is 17.3 Å². The van der Waals surface area contributed by atoms with Crippen molar-refractivity contribution in [1.82, 2.24) is 0 Å². The van der Waals surface area contributed by atoms with Crippen molar-refractivity contribution in [3.05, 3.63) is 54.8 Å².